The van der Waals surface area contributed by atoms with Crippen LogP contribution in [-0.2, 0) is 48.0 Å². The molecule has 18 heteroatoms. The number of Topliss-reactive ketones (excluding diaryl/α,β-unsaturated/α-hetero) is 1. The zero-order chi connectivity index (χ0) is 50.9. The van der Waals surface area contributed by atoms with E-state index in [1.807, 2.05) is 25.1 Å². The number of aldehydes is 1. The Morgan fingerprint density at radius 2 is 1.79 bits per heavy atom. The van der Waals surface area contributed by atoms with Crippen LogP contribution in [0.3, 0.4) is 0 Å². The van der Waals surface area contributed by atoms with Crippen LogP contribution >= 0.6 is 0 Å². The molecule has 3 aliphatic rings. The molecule has 4 aromatic rings. The van der Waals surface area contributed by atoms with Gasteiger partial charge in [0.15, 0.2) is 0 Å². The van der Waals surface area contributed by atoms with E-state index in [-0.39, 0.29) is 64.0 Å². The molecule has 15 nitrogen and oxygen atoms in total. The first-order valence-electron chi connectivity index (χ1n) is 24.1. The van der Waals surface area contributed by atoms with Crippen molar-refractivity contribution >= 4 is 40.8 Å². The fourth-order valence-electron chi connectivity index (χ4n) is 10.5. The molecule has 2 saturated heterocycles. The standard InChI is InChI=1S/C52H66F3N7O8/c1-9-61-42-14-13-35-26-39(42)40(45(61)38-12-10-18-56-43(38)32(4)69-8)27-50(5,6)29-70-30-51(28-63)17-11-19-62(58-51)48(67)41(24-33-22-36(35)25-37(64)23-33)57-47(66)44(31(2)3)59(7)49(68)60-20-15-34(16-21-60)46(65)52(53,54)55/h10,12-14,18,22-23,25-26,28,31-32,34,41,44,58,64H,9,11,15-17,19-21,24,27,29-30H2,1-8H3,(H,57,66)/t32-,41-,44-,51-/m0/s1. The minimum atomic E-state index is -4.97. The average Bonchev–Trinajstić information content (AvgIpc) is 3.63. The molecular formula is C52H66F3N7O8. The number of aromatic hydroxyl groups is 1. The van der Waals surface area contributed by atoms with Gasteiger partial charge < -0.3 is 39.1 Å². The number of aryl methyl sites for hydroxylation is 1. The molecular weight excluding hydrogens is 908 g/mol. The van der Waals surface area contributed by atoms with Crippen LogP contribution < -0.4 is 10.7 Å². The summed E-state index contributed by atoms with van der Waals surface area (Å²) < 4.78 is 54.1. The number of methoxy groups -OCH3 is 1. The maximum absolute atomic E-state index is 14.9. The Hall–Kier alpha value is -5.85. The zero-order valence-electron chi connectivity index (χ0n) is 41.3. The van der Waals surface area contributed by atoms with Crippen LogP contribution in [-0.4, -0.2) is 130 Å². The van der Waals surface area contributed by atoms with Gasteiger partial charge in [0, 0.05) is 75.3 Å². The number of piperidine rings is 1. The summed E-state index contributed by atoms with van der Waals surface area (Å²) in [5.74, 6) is -4.86. The van der Waals surface area contributed by atoms with Crippen molar-refractivity contribution in [2.75, 3.05) is 47.0 Å². The maximum atomic E-state index is 14.9. The monoisotopic (exact) mass is 973 g/mol. The van der Waals surface area contributed by atoms with E-state index in [2.05, 4.69) is 54.3 Å². The number of ketones is 1. The highest BCUT2D eigenvalue weighted by Crippen LogP contribution is 2.42. The number of halogens is 3. The highest BCUT2D eigenvalue weighted by molar-refractivity contribution is 5.96. The highest BCUT2D eigenvalue weighted by atomic mass is 19.4. The van der Waals surface area contributed by atoms with Gasteiger partial charge in [-0.15, -0.1) is 0 Å². The number of phenolic OH excluding ortho intramolecular Hbond substituents is 1. The van der Waals surface area contributed by atoms with Crippen molar-refractivity contribution in [1.82, 2.24) is 35.1 Å². The molecule has 5 heterocycles. The molecule has 2 aromatic heterocycles. The molecule has 2 aromatic carbocycles. The van der Waals surface area contributed by atoms with E-state index >= 15 is 0 Å². The lowest BCUT2D eigenvalue weighted by Gasteiger charge is -2.42. The molecule has 3 aliphatic heterocycles. The number of amides is 4. The summed E-state index contributed by atoms with van der Waals surface area (Å²) in [5, 5.41) is 16.6. The second-order valence-electron chi connectivity index (χ2n) is 20.3. The number of hydrogen-bond donors (Lipinski definition) is 3. The van der Waals surface area contributed by atoms with Crippen molar-refractivity contribution in [3.8, 4) is 28.1 Å². The number of nitrogens with one attached hydrogen (secondary N) is 2. The van der Waals surface area contributed by atoms with Gasteiger partial charge >= 0.3 is 12.2 Å². The molecule has 4 atom stereocenters. The van der Waals surface area contributed by atoms with Crippen molar-refractivity contribution < 1.29 is 51.7 Å². The Bertz CT molecular complexity index is 2610. The number of likely N-dealkylation sites (tertiary alicyclic amines) is 1. The fourth-order valence-corrected chi connectivity index (χ4v) is 10.5. The van der Waals surface area contributed by atoms with Gasteiger partial charge in [-0.25, -0.2) is 10.2 Å². The molecule has 2 fully saturated rings. The molecule has 0 radical (unpaired) electrons. The third kappa shape index (κ3) is 10.9. The number of ether oxygens (including phenoxy) is 2. The van der Waals surface area contributed by atoms with Crippen molar-refractivity contribution in [3.63, 3.8) is 0 Å². The summed E-state index contributed by atoms with van der Waals surface area (Å²) in [7, 11) is 3.08. The average molecular weight is 974 g/mol. The van der Waals surface area contributed by atoms with E-state index < -0.39 is 64.7 Å². The van der Waals surface area contributed by atoms with E-state index in [9.17, 15) is 42.3 Å². The SMILES string of the molecule is CCn1c(-c2cccnc2[C@H](C)OC)c2c3cc(ccc31)-c1cc(O)cc(c1)C[C@H](NC(=O)[C@H](C(C)C)N(C)C(=O)N1CCC(C(=O)C(F)(F)F)CC1)C(=O)N1CCC[C@](C=O)(COCC(C)(C)C2)N1. The second kappa shape index (κ2) is 20.9. The lowest BCUT2D eigenvalue weighted by molar-refractivity contribution is -0.176. The maximum Gasteiger partial charge on any atom is 0.450 e. The molecule has 4 amide bonds. The van der Waals surface area contributed by atoms with Gasteiger partial charge in [-0.2, -0.15) is 13.2 Å². The van der Waals surface area contributed by atoms with Gasteiger partial charge in [0.1, 0.15) is 29.7 Å². The number of hydrazine groups is 1. The third-order valence-corrected chi connectivity index (χ3v) is 14.1. The number of benzene rings is 2. The quantitative estimate of drug-likeness (QED) is 0.136. The van der Waals surface area contributed by atoms with Crippen molar-refractivity contribution in [2.24, 2.45) is 17.3 Å². The number of carbonyl (C=O) groups is 5. The van der Waals surface area contributed by atoms with Gasteiger partial charge in [-0.05, 0) is 116 Å². The van der Waals surface area contributed by atoms with Gasteiger partial charge in [0.2, 0.25) is 11.7 Å². The lowest BCUT2D eigenvalue weighted by Crippen LogP contribution is -2.66. The summed E-state index contributed by atoms with van der Waals surface area (Å²) in [6.45, 7) is 12.6. The number of rotatable bonds is 10. The van der Waals surface area contributed by atoms with Crippen LogP contribution in [0.25, 0.3) is 33.3 Å². The van der Waals surface area contributed by atoms with Crippen LogP contribution in [0.15, 0.2) is 54.7 Å². The van der Waals surface area contributed by atoms with Crippen molar-refractivity contribution in [3.05, 3.63) is 71.5 Å². The minimum Gasteiger partial charge on any atom is -0.508 e. The first kappa shape index (κ1) is 52.0. The molecule has 0 saturated carbocycles. The number of pyridine rings is 1. The summed E-state index contributed by atoms with van der Waals surface area (Å²) in [4.78, 5) is 75.7. The zero-order valence-corrected chi connectivity index (χ0v) is 41.3. The predicted molar refractivity (Wildman–Crippen MR) is 257 cm³/mol. The third-order valence-electron chi connectivity index (χ3n) is 14.1. The van der Waals surface area contributed by atoms with E-state index in [4.69, 9.17) is 14.5 Å². The molecule has 0 unspecified atom stereocenters. The predicted octanol–water partition coefficient (Wildman–Crippen LogP) is 7.41. The fraction of sp³-hybridized carbons (Fsp3) is 0.538. The van der Waals surface area contributed by atoms with E-state index in [0.29, 0.717) is 36.9 Å². The van der Waals surface area contributed by atoms with E-state index in [1.165, 1.54) is 27.9 Å². The topological polar surface area (TPSA) is 176 Å². The number of fused-ring (bicyclic) bond motifs is 6. The summed E-state index contributed by atoms with van der Waals surface area (Å²) in [5.41, 5.74) is 8.15. The molecule has 3 N–H and O–H groups in total. The highest BCUT2D eigenvalue weighted by Gasteiger charge is 2.46. The van der Waals surface area contributed by atoms with Gasteiger partial charge in [-0.3, -0.25) is 24.4 Å². The Morgan fingerprint density at radius 1 is 1.06 bits per heavy atom. The molecule has 70 heavy (non-hydrogen) atoms. The Labute approximate surface area is 407 Å². The molecule has 0 aliphatic carbocycles. The number of aromatic nitrogens is 2. The van der Waals surface area contributed by atoms with Gasteiger partial charge in [0.05, 0.1) is 30.7 Å². The summed E-state index contributed by atoms with van der Waals surface area (Å²) in [6.07, 6.45) is -1.81. The Kier molecular flexibility index (Phi) is 15.5. The van der Waals surface area contributed by atoms with Crippen LogP contribution in [0.4, 0.5) is 18.0 Å². The number of hydrogen-bond acceptors (Lipinski definition) is 10. The number of alkyl halides is 3. The van der Waals surface area contributed by atoms with E-state index in [1.54, 1.807) is 33.2 Å². The summed E-state index contributed by atoms with van der Waals surface area (Å²) >= 11 is 0. The number of nitrogens with zero attached hydrogens (tertiary/aromatic N) is 5. The normalized spacial score (nSPS) is 21.3. The first-order chi connectivity index (χ1) is 33.1. The van der Waals surface area contributed by atoms with Crippen molar-refractivity contribution in [1.29, 1.82) is 0 Å². The van der Waals surface area contributed by atoms with Crippen LogP contribution in [0.5, 0.6) is 5.75 Å². The lowest BCUT2D eigenvalue weighted by atomic mass is 9.84. The largest absolute Gasteiger partial charge is 0.508 e. The second-order valence-corrected chi connectivity index (χ2v) is 20.3. The number of carbonyl (C=O) groups excluding carboxylic acids is 5. The molecule has 6 bridgehead atoms. The van der Waals surface area contributed by atoms with E-state index in [0.717, 1.165) is 45.3 Å². The molecule has 378 valence electrons. The number of likely N-dealkylation sites (N-methyl/N-ethyl adjacent to an activating group) is 1. The smallest absolute Gasteiger partial charge is 0.450 e. The van der Waals surface area contributed by atoms with Crippen LogP contribution in [0, 0.1) is 17.3 Å². The Morgan fingerprint density at radius 3 is 2.44 bits per heavy atom. The minimum absolute atomic E-state index is 0.0492. The number of phenols is 1. The van der Waals surface area contributed by atoms with Gasteiger partial charge in [0.25, 0.3) is 5.91 Å². The van der Waals surface area contributed by atoms with Crippen molar-refractivity contribution in [2.45, 2.75) is 117 Å². The van der Waals surface area contributed by atoms with Gasteiger partial charge in [-0.1, -0.05) is 39.8 Å². The Balaban J connectivity index is 1.29. The number of urea groups is 1. The van der Waals surface area contributed by atoms with Crippen LogP contribution in [0.2, 0.25) is 0 Å². The first-order valence-corrected chi connectivity index (χ1v) is 24.1. The molecule has 7 rings (SSSR count). The van der Waals surface area contributed by atoms with Crippen LogP contribution in [0.1, 0.15) is 90.2 Å². The molecule has 0 spiro atoms. The summed E-state index contributed by atoms with van der Waals surface area (Å²) in [6, 6.07) is 12.2.